The van der Waals surface area contributed by atoms with E-state index in [1.807, 2.05) is 32.0 Å². The first-order valence-corrected chi connectivity index (χ1v) is 16.0. The van der Waals surface area contributed by atoms with Crippen molar-refractivity contribution >= 4 is 12.4 Å². The number of carbonyl (C=O) groups is 2. The first-order chi connectivity index (χ1) is 20.2. The van der Waals surface area contributed by atoms with Gasteiger partial charge in [-0.3, -0.25) is 0 Å². The largest absolute Gasteiger partial charge is 0.439 e. The molecule has 9 unspecified atom stereocenters. The van der Waals surface area contributed by atoms with Gasteiger partial charge in [-0.2, -0.15) is 0 Å². The molecule has 9 heteroatoms. The van der Waals surface area contributed by atoms with Crippen LogP contribution in [0.25, 0.3) is 0 Å². The molecular formula is C34H60N2O7. The van der Waals surface area contributed by atoms with Crippen molar-refractivity contribution in [1.82, 2.24) is 10.2 Å². The van der Waals surface area contributed by atoms with Crippen molar-refractivity contribution in [3.63, 3.8) is 0 Å². The maximum Gasteiger partial charge on any atom is 0.407 e. The van der Waals surface area contributed by atoms with E-state index >= 15 is 0 Å². The number of ether oxygens (including phenoxy) is 2. The Morgan fingerprint density at radius 3 is 2.47 bits per heavy atom. The Morgan fingerprint density at radius 1 is 1.14 bits per heavy atom. The Morgan fingerprint density at radius 2 is 1.84 bits per heavy atom. The molecule has 248 valence electrons. The van der Waals surface area contributed by atoms with Crippen LogP contribution in [0.4, 0.5) is 4.79 Å². The van der Waals surface area contributed by atoms with Crippen molar-refractivity contribution in [3.05, 3.63) is 36.0 Å². The lowest BCUT2D eigenvalue weighted by Gasteiger charge is -2.31. The number of aliphatic hydroxyl groups is 3. The molecule has 1 saturated heterocycles. The monoisotopic (exact) mass is 608 g/mol. The van der Waals surface area contributed by atoms with Crippen molar-refractivity contribution in [2.45, 2.75) is 123 Å². The fourth-order valence-corrected chi connectivity index (χ4v) is 5.13. The lowest BCUT2D eigenvalue weighted by atomic mass is 9.90. The summed E-state index contributed by atoms with van der Waals surface area (Å²) in [6.07, 6.45) is 12.0. The fraction of sp³-hybridized carbons (Fsp3) is 0.765. The van der Waals surface area contributed by atoms with Crippen molar-refractivity contribution in [3.8, 4) is 0 Å². The predicted molar refractivity (Wildman–Crippen MR) is 172 cm³/mol. The van der Waals surface area contributed by atoms with Gasteiger partial charge in [0, 0.05) is 18.9 Å². The van der Waals surface area contributed by atoms with E-state index in [1.54, 1.807) is 13.0 Å². The van der Waals surface area contributed by atoms with E-state index in [2.05, 4.69) is 51.2 Å². The van der Waals surface area contributed by atoms with Crippen LogP contribution in [0.5, 0.6) is 0 Å². The number of hydrogen-bond donors (Lipinski definition) is 4. The van der Waals surface area contributed by atoms with E-state index < -0.39 is 23.9 Å². The molecule has 0 bridgehead atoms. The second kappa shape index (κ2) is 20.1. The molecule has 0 aromatic heterocycles. The highest BCUT2D eigenvalue weighted by Crippen LogP contribution is 2.36. The van der Waals surface area contributed by atoms with Crippen LogP contribution in [0.3, 0.4) is 0 Å². The summed E-state index contributed by atoms with van der Waals surface area (Å²) >= 11 is 0. The molecule has 0 aliphatic carbocycles. The Labute approximate surface area is 260 Å². The third-order valence-corrected chi connectivity index (χ3v) is 8.10. The second-order valence-electron chi connectivity index (χ2n) is 13.0. The third-order valence-electron chi connectivity index (χ3n) is 8.10. The van der Waals surface area contributed by atoms with Gasteiger partial charge in [0.15, 0.2) is 6.10 Å². The van der Waals surface area contributed by atoms with Crippen LogP contribution < -0.4 is 5.32 Å². The van der Waals surface area contributed by atoms with Gasteiger partial charge in [-0.1, -0.05) is 57.6 Å². The molecule has 1 aliphatic rings. The average molecular weight is 609 g/mol. The number of alkyl carbamates (subject to hydrolysis) is 1. The minimum absolute atomic E-state index is 0.00313. The van der Waals surface area contributed by atoms with Gasteiger partial charge < -0.3 is 39.8 Å². The summed E-state index contributed by atoms with van der Waals surface area (Å²) in [5.41, 5.74) is -0.234. The zero-order valence-electron chi connectivity index (χ0n) is 27.9. The molecule has 0 radical (unpaired) electrons. The van der Waals surface area contributed by atoms with Gasteiger partial charge in [0.1, 0.15) is 11.9 Å². The van der Waals surface area contributed by atoms with Crippen molar-refractivity contribution < 1.29 is 34.4 Å². The number of carbonyl (C=O) groups excluding carboxylic acids is 2. The standard InChI is InChI=1S/C34H60N2O7/c1-9-29(39)27(5)32-30(42-32)23-25(3)13-10-12-24(2)22-26(4)14-15-31(34(6,41)18-16-28(38)17-21-37)43-33(40)35-19-11-20-36(7)8/h10,12-15,21,25-32,38-39,41H,9,11,16-20,22-23H2,1-8H3,(H,35,40)/b13-10+,15-14+,24-12+. The molecule has 1 rings (SSSR count). The number of epoxide rings is 1. The zero-order valence-corrected chi connectivity index (χ0v) is 27.9. The summed E-state index contributed by atoms with van der Waals surface area (Å²) in [4.78, 5) is 25.3. The number of nitrogens with one attached hydrogen (secondary N) is 1. The van der Waals surface area contributed by atoms with Crippen LogP contribution in [0, 0.1) is 17.8 Å². The van der Waals surface area contributed by atoms with Gasteiger partial charge >= 0.3 is 6.09 Å². The predicted octanol–water partition coefficient (Wildman–Crippen LogP) is 4.80. The van der Waals surface area contributed by atoms with Crippen LogP contribution in [-0.2, 0) is 14.3 Å². The molecule has 1 fully saturated rings. The number of nitrogens with zero attached hydrogens (tertiary/aromatic N) is 1. The summed E-state index contributed by atoms with van der Waals surface area (Å²) < 4.78 is 11.5. The summed E-state index contributed by atoms with van der Waals surface area (Å²) in [5, 5.41) is 34.0. The Kier molecular flexibility index (Phi) is 18.2. The molecule has 9 nitrogen and oxygen atoms in total. The number of amides is 1. The highest BCUT2D eigenvalue weighted by Gasteiger charge is 2.44. The second-order valence-corrected chi connectivity index (χ2v) is 13.0. The number of aliphatic hydroxyl groups excluding tert-OH is 2. The van der Waals surface area contributed by atoms with Gasteiger partial charge in [-0.05, 0) is 90.9 Å². The smallest absolute Gasteiger partial charge is 0.407 e. The molecule has 1 heterocycles. The van der Waals surface area contributed by atoms with Crippen LogP contribution in [0.1, 0.15) is 86.5 Å². The van der Waals surface area contributed by atoms with Gasteiger partial charge in [0.25, 0.3) is 0 Å². The van der Waals surface area contributed by atoms with Crippen LogP contribution in [-0.4, -0.2) is 95.9 Å². The van der Waals surface area contributed by atoms with E-state index in [1.165, 1.54) is 5.57 Å². The van der Waals surface area contributed by atoms with E-state index in [-0.39, 0.29) is 49.4 Å². The summed E-state index contributed by atoms with van der Waals surface area (Å²) in [6, 6.07) is 0. The molecule has 9 atom stereocenters. The number of allylic oxidation sites excluding steroid dienone is 5. The maximum atomic E-state index is 12.5. The molecule has 1 aliphatic heterocycles. The van der Waals surface area contributed by atoms with E-state index in [4.69, 9.17) is 9.47 Å². The van der Waals surface area contributed by atoms with Gasteiger partial charge in [0.2, 0.25) is 0 Å². The SMILES string of the molecule is CCC(O)C(C)C1OC1CC(C)/C=C/C=C(\C)CC(C)/C=C/C(OC(=O)NCCCN(C)C)C(C)(O)CCC(O)CC=O. The Hall–Kier alpha value is -2.04. The van der Waals surface area contributed by atoms with E-state index in [0.717, 1.165) is 32.2 Å². The molecule has 4 N–H and O–H groups in total. The van der Waals surface area contributed by atoms with Crippen molar-refractivity contribution in [2.75, 3.05) is 27.2 Å². The minimum atomic E-state index is -1.43. The molecule has 1 amide bonds. The molecule has 0 aromatic carbocycles. The maximum absolute atomic E-state index is 12.5. The van der Waals surface area contributed by atoms with E-state index in [9.17, 15) is 24.9 Å². The first kappa shape index (κ1) is 39.0. The Balaban J connectivity index is 2.72. The summed E-state index contributed by atoms with van der Waals surface area (Å²) in [5.74, 6) is 0.648. The van der Waals surface area contributed by atoms with Crippen LogP contribution in [0.2, 0.25) is 0 Å². The van der Waals surface area contributed by atoms with E-state index in [0.29, 0.717) is 18.7 Å². The average Bonchev–Trinajstić information content (AvgIpc) is 3.70. The normalized spacial score (nSPS) is 23.0. The third kappa shape index (κ3) is 16.6. The zero-order chi connectivity index (χ0) is 32.6. The summed E-state index contributed by atoms with van der Waals surface area (Å²) in [7, 11) is 3.93. The van der Waals surface area contributed by atoms with Crippen LogP contribution in [0.15, 0.2) is 36.0 Å². The van der Waals surface area contributed by atoms with Gasteiger partial charge in [-0.25, -0.2) is 4.79 Å². The fourth-order valence-electron chi connectivity index (χ4n) is 5.13. The lowest BCUT2D eigenvalue weighted by molar-refractivity contribution is -0.110. The van der Waals surface area contributed by atoms with Crippen molar-refractivity contribution in [1.29, 1.82) is 0 Å². The quantitative estimate of drug-likeness (QED) is 0.0453. The number of aldehydes is 1. The topological polar surface area (TPSA) is 132 Å². The van der Waals surface area contributed by atoms with Crippen LogP contribution >= 0.6 is 0 Å². The molecule has 0 aromatic rings. The molecule has 0 spiro atoms. The lowest BCUT2D eigenvalue weighted by Crippen LogP contribution is -2.44. The molecule has 43 heavy (non-hydrogen) atoms. The minimum Gasteiger partial charge on any atom is -0.439 e. The summed E-state index contributed by atoms with van der Waals surface area (Å²) in [6.45, 7) is 13.2. The highest BCUT2D eigenvalue weighted by atomic mass is 16.6. The van der Waals surface area contributed by atoms with Gasteiger partial charge in [0.05, 0.1) is 24.4 Å². The number of rotatable bonds is 22. The number of hydrogen-bond acceptors (Lipinski definition) is 8. The molecule has 0 saturated carbocycles. The highest BCUT2D eigenvalue weighted by molar-refractivity contribution is 5.67. The molecular weight excluding hydrogens is 548 g/mol. The first-order valence-electron chi connectivity index (χ1n) is 16.0. The van der Waals surface area contributed by atoms with Gasteiger partial charge in [-0.15, -0.1) is 0 Å². The van der Waals surface area contributed by atoms with Crippen molar-refractivity contribution in [2.24, 2.45) is 17.8 Å². The Bertz CT molecular complexity index is 901.